The van der Waals surface area contributed by atoms with Crippen molar-refractivity contribution in [3.05, 3.63) is 39.7 Å². The number of aromatic nitrogens is 3. The Balaban J connectivity index is 0.000000480. The Morgan fingerprint density at radius 1 is 1.29 bits per heavy atom. The van der Waals surface area contributed by atoms with Gasteiger partial charge in [0.2, 0.25) is 11.9 Å². The summed E-state index contributed by atoms with van der Waals surface area (Å²) in [6, 6.07) is 5.80. The largest absolute Gasteiger partial charge is 0.490 e. The van der Waals surface area contributed by atoms with Crippen molar-refractivity contribution in [2.75, 3.05) is 5.73 Å². The van der Waals surface area contributed by atoms with Crippen LogP contribution in [0, 0.1) is 3.57 Å². The second-order valence-corrected chi connectivity index (χ2v) is 6.24. The number of nitrogens with zero attached hydrogens (tertiary/aromatic N) is 3. The molecule has 2 aromatic rings. The highest BCUT2D eigenvalue weighted by Crippen LogP contribution is 2.16. The highest BCUT2D eigenvalue weighted by Gasteiger charge is 2.38. The van der Waals surface area contributed by atoms with E-state index in [4.69, 9.17) is 15.6 Å². The van der Waals surface area contributed by atoms with Crippen molar-refractivity contribution in [1.82, 2.24) is 20.1 Å². The zero-order chi connectivity index (χ0) is 21.5. The SMILES string of the molecule is Nc1ncn(CC(=O)NC(C(=O)O)c2cccc(I)c2)n1.O=C(O)C(F)(F)F. The molecule has 10 nitrogen and oxygen atoms in total. The average Bonchev–Trinajstić information content (AvgIpc) is 2.97. The maximum absolute atomic E-state index is 11.9. The first-order valence-electron chi connectivity index (χ1n) is 7.12. The number of carbonyl (C=O) groups is 3. The van der Waals surface area contributed by atoms with E-state index in [1.807, 2.05) is 6.07 Å². The van der Waals surface area contributed by atoms with Crippen LogP contribution in [0.25, 0.3) is 0 Å². The summed E-state index contributed by atoms with van der Waals surface area (Å²) in [5.41, 5.74) is 5.84. The number of amides is 1. The van der Waals surface area contributed by atoms with Gasteiger partial charge in [0.25, 0.3) is 0 Å². The molecule has 0 bridgehead atoms. The first kappa shape index (κ1) is 23.1. The molecule has 1 heterocycles. The zero-order valence-corrected chi connectivity index (χ0v) is 15.9. The van der Waals surface area contributed by atoms with Gasteiger partial charge >= 0.3 is 18.1 Å². The van der Waals surface area contributed by atoms with Crippen LogP contribution < -0.4 is 11.1 Å². The minimum absolute atomic E-state index is 0.0511. The van der Waals surface area contributed by atoms with Crippen molar-refractivity contribution >= 4 is 46.4 Å². The van der Waals surface area contributed by atoms with E-state index in [0.29, 0.717) is 5.56 Å². The Labute approximate surface area is 168 Å². The summed E-state index contributed by atoms with van der Waals surface area (Å²) >= 11 is 2.08. The first-order chi connectivity index (χ1) is 12.9. The molecule has 1 aromatic carbocycles. The second-order valence-electron chi connectivity index (χ2n) is 5.00. The quantitative estimate of drug-likeness (QED) is 0.430. The van der Waals surface area contributed by atoms with Crippen LogP contribution in [0.2, 0.25) is 0 Å². The highest BCUT2D eigenvalue weighted by atomic mass is 127. The Bertz CT molecular complexity index is 858. The number of hydrogen-bond acceptors (Lipinski definition) is 6. The molecule has 0 aliphatic carbocycles. The van der Waals surface area contributed by atoms with Gasteiger partial charge in [-0.05, 0) is 40.3 Å². The van der Waals surface area contributed by atoms with Crippen molar-refractivity contribution in [3.8, 4) is 0 Å². The molecule has 1 aromatic heterocycles. The first-order valence-corrected chi connectivity index (χ1v) is 8.20. The van der Waals surface area contributed by atoms with Crippen LogP contribution >= 0.6 is 22.6 Å². The Hall–Kier alpha value is -2.91. The third-order valence-electron chi connectivity index (χ3n) is 2.84. The third kappa shape index (κ3) is 7.77. The lowest BCUT2D eigenvalue weighted by atomic mass is 10.1. The van der Waals surface area contributed by atoms with E-state index in [0.717, 1.165) is 3.57 Å². The van der Waals surface area contributed by atoms with Crippen LogP contribution in [0.15, 0.2) is 30.6 Å². The zero-order valence-electron chi connectivity index (χ0n) is 13.7. The number of benzene rings is 1. The number of nitrogen functional groups attached to an aromatic ring is 1. The monoisotopic (exact) mass is 515 g/mol. The van der Waals surface area contributed by atoms with Gasteiger partial charge in [-0.3, -0.25) is 4.79 Å². The molecular weight excluding hydrogens is 502 g/mol. The molecule has 0 aliphatic heterocycles. The Morgan fingerprint density at radius 2 is 1.89 bits per heavy atom. The average molecular weight is 515 g/mol. The summed E-state index contributed by atoms with van der Waals surface area (Å²) in [7, 11) is 0. The lowest BCUT2D eigenvalue weighted by molar-refractivity contribution is -0.192. The number of anilines is 1. The van der Waals surface area contributed by atoms with Crippen molar-refractivity contribution in [3.63, 3.8) is 0 Å². The summed E-state index contributed by atoms with van der Waals surface area (Å²) < 4.78 is 33.9. The Morgan fingerprint density at radius 3 is 2.32 bits per heavy atom. The molecule has 1 atom stereocenters. The lowest BCUT2D eigenvalue weighted by Crippen LogP contribution is -2.36. The van der Waals surface area contributed by atoms with E-state index in [1.165, 1.54) is 11.0 Å². The summed E-state index contributed by atoms with van der Waals surface area (Å²) in [5, 5.41) is 22.6. The number of rotatable bonds is 5. The topological polar surface area (TPSA) is 160 Å². The third-order valence-corrected chi connectivity index (χ3v) is 3.51. The van der Waals surface area contributed by atoms with Crippen LogP contribution in [0.4, 0.5) is 19.1 Å². The van der Waals surface area contributed by atoms with E-state index < -0.39 is 30.1 Å². The lowest BCUT2D eigenvalue weighted by Gasteiger charge is -2.15. The number of halogens is 4. The summed E-state index contributed by atoms with van der Waals surface area (Å²) in [6.07, 6.45) is -3.78. The number of alkyl halides is 3. The van der Waals surface area contributed by atoms with Gasteiger partial charge < -0.3 is 21.3 Å². The fourth-order valence-electron chi connectivity index (χ4n) is 1.71. The normalized spacial score (nSPS) is 11.7. The molecule has 2 rings (SSSR count). The fraction of sp³-hybridized carbons (Fsp3) is 0.214. The number of carboxylic acid groups (broad SMARTS) is 2. The van der Waals surface area contributed by atoms with Crippen LogP contribution in [0.5, 0.6) is 0 Å². The smallest absolute Gasteiger partial charge is 0.479 e. The van der Waals surface area contributed by atoms with Crippen LogP contribution in [0.1, 0.15) is 11.6 Å². The number of aliphatic carboxylic acids is 2. The number of nitrogens with two attached hydrogens (primary N) is 1. The van der Waals surface area contributed by atoms with E-state index in [2.05, 4.69) is 38.0 Å². The summed E-state index contributed by atoms with van der Waals surface area (Å²) in [4.78, 5) is 35.8. The van der Waals surface area contributed by atoms with Crippen molar-refractivity contribution in [2.45, 2.75) is 18.8 Å². The summed E-state index contributed by atoms with van der Waals surface area (Å²) in [6.45, 7) is -0.155. The molecule has 1 amide bonds. The van der Waals surface area contributed by atoms with Crippen molar-refractivity contribution < 1.29 is 37.8 Å². The van der Waals surface area contributed by atoms with E-state index in [-0.39, 0.29) is 12.5 Å². The van der Waals surface area contributed by atoms with E-state index in [1.54, 1.807) is 18.2 Å². The molecule has 5 N–H and O–H groups in total. The van der Waals surface area contributed by atoms with Gasteiger partial charge in [0, 0.05) is 3.57 Å². The van der Waals surface area contributed by atoms with Crippen LogP contribution in [0.3, 0.4) is 0 Å². The maximum Gasteiger partial charge on any atom is 0.490 e. The summed E-state index contributed by atoms with van der Waals surface area (Å²) in [5.74, 6) is -4.34. The predicted molar refractivity (Wildman–Crippen MR) is 95.8 cm³/mol. The molecule has 0 fully saturated rings. The molecule has 0 saturated carbocycles. The minimum atomic E-state index is -5.08. The molecular formula is C14H13F3IN5O5. The molecule has 0 aliphatic rings. The molecule has 28 heavy (non-hydrogen) atoms. The van der Waals surface area contributed by atoms with Crippen molar-refractivity contribution in [1.29, 1.82) is 0 Å². The molecule has 14 heteroatoms. The van der Waals surface area contributed by atoms with Gasteiger partial charge in [-0.1, -0.05) is 12.1 Å². The molecule has 0 saturated heterocycles. The number of nitrogens with one attached hydrogen (secondary N) is 1. The van der Waals surface area contributed by atoms with Gasteiger partial charge in [-0.15, -0.1) is 5.10 Å². The van der Waals surface area contributed by atoms with Crippen molar-refractivity contribution in [2.24, 2.45) is 0 Å². The molecule has 0 radical (unpaired) electrons. The van der Waals surface area contributed by atoms with E-state index in [9.17, 15) is 27.9 Å². The fourth-order valence-corrected chi connectivity index (χ4v) is 2.28. The van der Waals surface area contributed by atoms with Gasteiger partial charge in [0.1, 0.15) is 12.9 Å². The maximum atomic E-state index is 11.9. The van der Waals surface area contributed by atoms with E-state index >= 15 is 0 Å². The standard InChI is InChI=1S/C12H12IN5O3.C2HF3O2/c13-8-3-1-2-7(4-8)10(11(20)21)16-9(19)5-18-6-15-12(14)17-18;3-2(4,5)1(6)7/h1-4,6,10H,5H2,(H2,14,17)(H,16,19)(H,20,21);(H,6,7). The predicted octanol–water partition coefficient (Wildman–Crippen LogP) is 1.04. The van der Waals surface area contributed by atoms with Crippen LogP contribution in [-0.4, -0.2) is 49.0 Å². The second kappa shape index (κ2) is 9.86. The Kier molecular flexibility index (Phi) is 8.15. The highest BCUT2D eigenvalue weighted by molar-refractivity contribution is 14.1. The molecule has 0 spiro atoms. The number of carboxylic acids is 2. The van der Waals surface area contributed by atoms with Gasteiger partial charge in [0.15, 0.2) is 6.04 Å². The minimum Gasteiger partial charge on any atom is -0.479 e. The van der Waals surface area contributed by atoms with Gasteiger partial charge in [0.05, 0.1) is 0 Å². The molecule has 1 unspecified atom stereocenters. The van der Waals surface area contributed by atoms with Gasteiger partial charge in [-0.25, -0.2) is 19.3 Å². The van der Waals surface area contributed by atoms with Gasteiger partial charge in [-0.2, -0.15) is 13.2 Å². The number of hydrogen-bond donors (Lipinski definition) is 4. The number of carbonyl (C=O) groups excluding carboxylic acids is 1. The van der Waals surface area contributed by atoms with Crippen LogP contribution in [-0.2, 0) is 20.9 Å². The molecule has 152 valence electrons.